The zero-order valence-electron chi connectivity index (χ0n) is 32.4. The summed E-state index contributed by atoms with van der Waals surface area (Å²) in [5.41, 5.74) is 7.86. The van der Waals surface area contributed by atoms with E-state index >= 15 is 0 Å². The first-order valence-electron chi connectivity index (χ1n) is 19.0. The van der Waals surface area contributed by atoms with Crippen molar-refractivity contribution in [2.24, 2.45) is 0 Å². The van der Waals surface area contributed by atoms with Crippen LogP contribution in [0.3, 0.4) is 0 Å². The summed E-state index contributed by atoms with van der Waals surface area (Å²) >= 11 is -3.86. The molecular weight excluding hydrogens is 762 g/mol. The van der Waals surface area contributed by atoms with Gasteiger partial charge in [-0.3, -0.25) is 0 Å². The topological polar surface area (TPSA) is 94.3 Å². The van der Waals surface area contributed by atoms with Gasteiger partial charge in [-0.05, 0) is 72.8 Å². The Morgan fingerprint density at radius 1 is 0.333 bits per heavy atom. The van der Waals surface area contributed by atoms with Crippen molar-refractivity contribution >= 4 is 63.0 Å². The van der Waals surface area contributed by atoms with Gasteiger partial charge in [-0.2, -0.15) is 0 Å². The normalized spacial score (nSPS) is 11.4. The van der Waals surface area contributed by atoms with Crippen LogP contribution in [-0.4, -0.2) is 48.4 Å². The monoisotopic (exact) mass is 802 g/mol. The summed E-state index contributed by atoms with van der Waals surface area (Å²) in [6.45, 7) is 0. The number of hydrogen-bond donors (Lipinski definition) is 2. The van der Waals surface area contributed by atoms with E-state index in [4.69, 9.17) is 18.9 Å². The predicted molar refractivity (Wildman–Crippen MR) is 229 cm³/mol. The first kappa shape index (κ1) is 37.2. The minimum absolute atomic E-state index is 0.847. The summed E-state index contributed by atoms with van der Waals surface area (Å²) in [5, 5.41) is 0. The van der Waals surface area contributed by atoms with Gasteiger partial charge in [0.05, 0.1) is 22.8 Å². The van der Waals surface area contributed by atoms with Crippen molar-refractivity contribution in [3.05, 3.63) is 168 Å². The van der Waals surface area contributed by atoms with Gasteiger partial charge in [0, 0.05) is 22.1 Å². The Morgan fingerprint density at radius 2 is 0.561 bits per heavy atom. The molecule has 8 bridgehead atoms. The number of ether oxygens (including phenoxy) is 4. The predicted octanol–water partition coefficient (Wildman–Crippen LogP) is 8.13. The molecule has 0 saturated carbocycles. The Hall–Kier alpha value is -6.70. The van der Waals surface area contributed by atoms with E-state index in [1.807, 2.05) is 48.6 Å². The number of methoxy groups -OCH3 is 4. The van der Waals surface area contributed by atoms with E-state index in [1.54, 1.807) is 28.4 Å². The Bertz CT molecular complexity index is 2350. The minimum atomic E-state index is -3.86. The number of H-pyrrole nitrogens is 2. The maximum atomic E-state index is 5.46. The Morgan fingerprint density at radius 3 is 0.772 bits per heavy atom. The van der Waals surface area contributed by atoms with Crippen LogP contribution in [0.15, 0.2) is 146 Å². The van der Waals surface area contributed by atoms with E-state index in [1.165, 1.54) is 16.6 Å². The molecule has 2 aliphatic rings. The van der Waals surface area contributed by atoms with E-state index < -0.39 is 14.8 Å². The number of aromatic amines is 2. The molecule has 2 aliphatic heterocycles. The van der Waals surface area contributed by atoms with Crippen molar-refractivity contribution in [2.75, 3.05) is 28.4 Å². The van der Waals surface area contributed by atoms with Gasteiger partial charge in [-0.1, -0.05) is 0 Å². The van der Waals surface area contributed by atoms with Gasteiger partial charge in [0.25, 0.3) is 0 Å². The fraction of sp³-hybridized carbons (Fsp3) is 0.0833. The van der Waals surface area contributed by atoms with Crippen LogP contribution in [0.2, 0.25) is 0 Å². The van der Waals surface area contributed by atoms with Gasteiger partial charge in [0.15, 0.2) is 0 Å². The van der Waals surface area contributed by atoms with E-state index in [2.05, 4.69) is 141 Å². The van der Waals surface area contributed by atoms with Gasteiger partial charge < -0.3 is 9.97 Å². The zero-order valence-corrected chi connectivity index (χ0v) is 35.4. The fourth-order valence-corrected chi connectivity index (χ4v) is 22.1. The van der Waals surface area contributed by atoms with Crippen LogP contribution in [0.25, 0.3) is 46.4 Å². The van der Waals surface area contributed by atoms with Crippen LogP contribution in [0.1, 0.15) is 22.8 Å². The number of nitrogens with one attached hydrogen (secondary N) is 2. The van der Waals surface area contributed by atoms with Crippen molar-refractivity contribution < 1.29 is 33.7 Å². The van der Waals surface area contributed by atoms with Crippen molar-refractivity contribution in [1.82, 2.24) is 19.9 Å². The number of benzene rings is 4. The second-order valence-corrected chi connectivity index (χ2v) is 25.7. The van der Waals surface area contributed by atoms with Gasteiger partial charge in [0.1, 0.15) is 0 Å². The standard InChI is InChI=1S/C20H14N4.4C7H7O.Zn/c1-2-14-10-16-5-6-18(23-16)12-20-8-7-19(24-20)11-17-4-3-15(22-17)9-13(1)21-14;4*1-8-7-5-3-2-4-6-7;/h1-12,21,24H;4*3-6H,1H3;. The first-order valence-corrected chi connectivity index (χ1v) is 24.9. The molecule has 0 unspecified atom stereocenters. The molecule has 5 heterocycles. The molecule has 9 rings (SSSR count). The van der Waals surface area contributed by atoms with Crippen LogP contribution in [0.4, 0.5) is 0 Å². The molecule has 7 aromatic rings. The Kier molecular flexibility index (Phi) is 10.8. The number of aromatic nitrogens is 4. The molecule has 0 radical (unpaired) electrons. The summed E-state index contributed by atoms with van der Waals surface area (Å²) in [6, 6.07) is 50.6. The van der Waals surface area contributed by atoms with Crippen LogP contribution >= 0.6 is 0 Å². The molecule has 280 valence electrons. The molecule has 9 heteroatoms. The van der Waals surface area contributed by atoms with Crippen LogP contribution < -0.4 is 35.6 Å². The van der Waals surface area contributed by atoms with E-state index in [0.29, 0.717) is 0 Å². The Balaban J connectivity index is 0.000000167. The second kappa shape index (κ2) is 16.6. The molecule has 0 fully saturated rings. The van der Waals surface area contributed by atoms with Gasteiger partial charge in [-0.25, -0.2) is 9.97 Å². The zero-order chi connectivity index (χ0) is 39.2. The third-order valence-electron chi connectivity index (χ3n) is 11.1. The van der Waals surface area contributed by atoms with E-state index in [0.717, 1.165) is 67.8 Å². The summed E-state index contributed by atoms with van der Waals surface area (Å²) < 4.78 is 27.2. The first-order chi connectivity index (χ1) is 27.9. The average Bonchev–Trinajstić information content (AvgIpc) is 4.10. The molecule has 0 spiro atoms. The average molecular weight is 804 g/mol. The number of hydrogen-bond acceptors (Lipinski definition) is 6. The quantitative estimate of drug-likeness (QED) is 0.151. The van der Waals surface area contributed by atoms with E-state index in [9.17, 15) is 0 Å². The van der Waals surface area contributed by atoms with Crippen molar-refractivity contribution in [3.8, 4) is 23.0 Å². The third-order valence-corrected chi connectivity index (χ3v) is 25.4. The van der Waals surface area contributed by atoms with Crippen LogP contribution in [0, 0.1) is 0 Å². The fourth-order valence-electron chi connectivity index (χ4n) is 8.27. The number of rotatable bonds is 8. The van der Waals surface area contributed by atoms with Crippen LogP contribution in [0.5, 0.6) is 23.0 Å². The molecule has 57 heavy (non-hydrogen) atoms. The number of nitrogens with zero attached hydrogens (tertiary/aromatic N) is 2. The summed E-state index contributed by atoms with van der Waals surface area (Å²) in [5.74, 6) is 3.39. The maximum absolute atomic E-state index is 5.46. The molecule has 0 amide bonds. The molecule has 3 aromatic heterocycles. The number of fused-ring (bicyclic) bond motifs is 8. The van der Waals surface area contributed by atoms with Gasteiger partial charge in [0.2, 0.25) is 0 Å². The molecule has 4 aromatic carbocycles. The van der Waals surface area contributed by atoms with Gasteiger partial charge >= 0.3 is 199 Å². The van der Waals surface area contributed by atoms with Crippen molar-refractivity contribution in [1.29, 1.82) is 0 Å². The molecule has 0 aliphatic carbocycles. The van der Waals surface area contributed by atoms with Crippen molar-refractivity contribution in [3.63, 3.8) is 0 Å². The summed E-state index contributed by atoms with van der Waals surface area (Å²) in [4.78, 5) is 16.0. The van der Waals surface area contributed by atoms with Crippen LogP contribution in [-0.2, 0) is 14.8 Å². The van der Waals surface area contributed by atoms with E-state index in [-0.39, 0.29) is 0 Å². The molecule has 8 nitrogen and oxygen atoms in total. The Labute approximate surface area is 335 Å². The molecule has 0 saturated heterocycles. The molecule has 2 N–H and O–H groups in total. The van der Waals surface area contributed by atoms with Crippen molar-refractivity contribution in [2.45, 2.75) is 0 Å². The summed E-state index contributed by atoms with van der Waals surface area (Å²) in [7, 11) is 6.79. The molecular formula is C48H42N4O4Zn. The third kappa shape index (κ3) is 8.02. The second-order valence-electron chi connectivity index (χ2n) is 14.4. The van der Waals surface area contributed by atoms with Gasteiger partial charge in [-0.15, -0.1) is 0 Å². The SMILES string of the molecule is C1=Cc2cc3ccc(cc4nc(cc5ccc(cc1n2)[nH]5)C=C4)[nH]3.COc1cc[c]([Zn]([c]2ccc(OC)cc2)([c]2ccc(OC)cc2)[c]2ccc(OC)cc2)cc1. The summed E-state index contributed by atoms with van der Waals surface area (Å²) in [6.07, 6.45) is 8.09. The molecule has 0 atom stereocenters.